The number of rotatable bonds is 1. The minimum absolute atomic E-state index is 0.0215. The third-order valence-corrected chi connectivity index (χ3v) is 2.80. The van der Waals surface area contributed by atoms with Crippen molar-refractivity contribution in [2.45, 2.75) is 0 Å². The number of phenolic OH excluding ortho intramolecular Hbond substituents is 1. The molecule has 1 rings (SSSR count). The molecule has 0 aliphatic heterocycles. The van der Waals surface area contributed by atoms with Gasteiger partial charge in [-0.2, -0.15) is 0 Å². The van der Waals surface area contributed by atoms with Gasteiger partial charge >= 0.3 is 63.7 Å². The standard InChI is InChI=1S/C6H5ClOSe/c7-9-6-3-1-5(8)2-4-6/h1-4,8H. The number of benzene rings is 1. The molecule has 0 saturated carbocycles. The first-order chi connectivity index (χ1) is 4.33. The van der Waals surface area contributed by atoms with E-state index in [1.165, 1.54) is 0 Å². The molecule has 0 aliphatic carbocycles. The summed E-state index contributed by atoms with van der Waals surface area (Å²) < 4.78 is 1.09. The van der Waals surface area contributed by atoms with E-state index in [2.05, 4.69) is 0 Å². The van der Waals surface area contributed by atoms with Crippen LogP contribution in [0.1, 0.15) is 0 Å². The Morgan fingerprint density at radius 2 is 1.78 bits per heavy atom. The monoisotopic (exact) mass is 208 g/mol. The Morgan fingerprint density at radius 3 is 2.22 bits per heavy atom. The van der Waals surface area contributed by atoms with Crippen molar-refractivity contribution in [2.24, 2.45) is 0 Å². The van der Waals surface area contributed by atoms with Gasteiger partial charge in [-0.25, -0.2) is 0 Å². The van der Waals surface area contributed by atoms with Crippen molar-refractivity contribution in [2.75, 3.05) is 0 Å². The van der Waals surface area contributed by atoms with Gasteiger partial charge in [0.15, 0.2) is 0 Å². The van der Waals surface area contributed by atoms with E-state index in [4.69, 9.17) is 15.2 Å². The molecule has 0 heterocycles. The van der Waals surface area contributed by atoms with Crippen LogP contribution in [0.3, 0.4) is 0 Å². The Balaban J connectivity index is 2.88. The fourth-order valence-electron chi connectivity index (χ4n) is 0.498. The van der Waals surface area contributed by atoms with Crippen molar-refractivity contribution in [1.29, 1.82) is 0 Å². The van der Waals surface area contributed by atoms with Crippen LogP contribution in [0.15, 0.2) is 24.3 Å². The zero-order valence-corrected chi connectivity index (χ0v) is 7.01. The third kappa shape index (κ3) is 1.90. The van der Waals surface area contributed by atoms with Crippen molar-refractivity contribution in [3.8, 4) is 5.75 Å². The van der Waals surface area contributed by atoms with Crippen LogP contribution in [0.4, 0.5) is 0 Å². The van der Waals surface area contributed by atoms with Gasteiger partial charge in [-0.15, -0.1) is 0 Å². The van der Waals surface area contributed by atoms with Gasteiger partial charge in [-0.1, -0.05) is 0 Å². The summed E-state index contributed by atoms with van der Waals surface area (Å²) in [5.41, 5.74) is 0. The first kappa shape index (κ1) is 6.94. The molecule has 1 nitrogen and oxygen atoms in total. The molecule has 0 radical (unpaired) electrons. The molecule has 0 spiro atoms. The van der Waals surface area contributed by atoms with Gasteiger partial charge in [0.1, 0.15) is 0 Å². The molecule has 48 valence electrons. The zero-order chi connectivity index (χ0) is 6.69. The molecule has 0 saturated heterocycles. The summed E-state index contributed by atoms with van der Waals surface area (Å²) in [5, 5.41) is 8.82. The fraction of sp³-hybridized carbons (Fsp3) is 0. The van der Waals surface area contributed by atoms with E-state index >= 15 is 0 Å². The molecule has 0 aromatic heterocycles. The van der Waals surface area contributed by atoms with E-state index in [0.717, 1.165) is 4.46 Å². The quantitative estimate of drug-likeness (QED) is 0.678. The van der Waals surface area contributed by atoms with E-state index in [1.807, 2.05) is 12.1 Å². The second kappa shape index (κ2) is 3.11. The summed E-state index contributed by atoms with van der Waals surface area (Å²) in [6, 6.07) is 6.92. The van der Waals surface area contributed by atoms with E-state index in [1.54, 1.807) is 12.1 Å². The Morgan fingerprint density at radius 1 is 1.22 bits per heavy atom. The molecule has 0 amide bonds. The number of phenols is 1. The average molecular weight is 208 g/mol. The molecule has 0 unspecified atom stereocenters. The number of hydrogen-bond donors (Lipinski definition) is 1. The minimum atomic E-state index is 0.0215. The second-order valence-corrected chi connectivity index (χ2v) is 3.69. The summed E-state index contributed by atoms with van der Waals surface area (Å²) in [7, 11) is 5.56. The average Bonchev–Trinajstić information content (AvgIpc) is 1.90. The predicted molar refractivity (Wildman–Crippen MR) is 39.3 cm³/mol. The van der Waals surface area contributed by atoms with Gasteiger partial charge in [0.2, 0.25) is 0 Å². The summed E-state index contributed by atoms with van der Waals surface area (Å²) in [6.45, 7) is 0. The molecule has 1 N–H and O–H groups in total. The van der Waals surface area contributed by atoms with Gasteiger partial charge in [-0.05, 0) is 0 Å². The molecule has 1 aromatic carbocycles. The molecule has 0 bridgehead atoms. The molecule has 0 atom stereocenters. The van der Waals surface area contributed by atoms with Gasteiger partial charge in [-0.3, -0.25) is 0 Å². The van der Waals surface area contributed by atoms with E-state index in [-0.39, 0.29) is 14.0 Å². The molecular formula is C6H5ClOSe. The second-order valence-electron chi connectivity index (χ2n) is 1.57. The van der Waals surface area contributed by atoms with Crippen molar-refractivity contribution in [3.05, 3.63) is 24.3 Å². The molecule has 3 heteroatoms. The summed E-state index contributed by atoms with van der Waals surface area (Å²) in [4.78, 5) is 0. The Labute approximate surface area is 64.0 Å². The van der Waals surface area contributed by atoms with Crippen molar-refractivity contribution in [1.82, 2.24) is 0 Å². The summed E-state index contributed by atoms with van der Waals surface area (Å²) in [6.07, 6.45) is 0. The van der Waals surface area contributed by atoms with Crippen LogP contribution in [0.5, 0.6) is 5.75 Å². The summed E-state index contributed by atoms with van der Waals surface area (Å²) in [5.74, 6) is 0.291. The van der Waals surface area contributed by atoms with Crippen molar-refractivity contribution >= 4 is 28.6 Å². The molecule has 0 fully saturated rings. The zero-order valence-electron chi connectivity index (χ0n) is 4.54. The topological polar surface area (TPSA) is 20.2 Å². The van der Waals surface area contributed by atoms with Crippen LogP contribution in [0.25, 0.3) is 0 Å². The van der Waals surface area contributed by atoms with Crippen LogP contribution in [-0.2, 0) is 0 Å². The first-order valence-electron chi connectivity index (χ1n) is 2.40. The molecule has 1 aromatic rings. The van der Waals surface area contributed by atoms with Gasteiger partial charge in [0.25, 0.3) is 0 Å². The maximum atomic E-state index is 8.82. The van der Waals surface area contributed by atoms with Gasteiger partial charge in [0.05, 0.1) is 0 Å². The molecule has 0 aliphatic rings. The van der Waals surface area contributed by atoms with Crippen molar-refractivity contribution < 1.29 is 5.11 Å². The normalized spacial score (nSPS) is 9.44. The van der Waals surface area contributed by atoms with E-state index in [0.29, 0.717) is 5.75 Å². The third-order valence-electron chi connectivity index (χ3n) is 0.926. The molecule has 9 heavy (non-hydrogen) atoms. The van der Waals surface area contributed by atoms with Gasteiger partial charge < -0.3 is 0 Å². The van der Waals surface area contributed by atoms with Crippen LogP contribution in [-0.4, -0.2) is 19.2 Å². The SMILES string of the molecule is Oc1ccc([Se]Cl)cc1. The Hall–Kier alpha value is -0.171. The van der Waals surface area contributed by atoms with Crippen LogP contribution >= 0.6 is 10.1 Å². The van der Waals surface area contributed by atoms with Crippen LogP contribution < -0.4 is 4.46 Å². The van der Waals surface area contributed by atoms with Gasteiger partial charge in [0, 0.05) is 0 Å². The number of hydrogen-bond acceptors (Lipinski definition) is 1. The van der Waals surface area contributed by atoms with Crippen LogP contribution in [0, 0.1) is 0 Å². The first-order valence-corrected chi connectivity index (χ1v) is 5.51. The fourth-order valence-corrected chi connectivity index (χ4v) is 1.53. The summed E-state index contributed by atoms with van der Waals surface area (Å²) >= 11 is 0.0215. The van der Waals surface area contributed by atoms with E-state index < -0.39 is 0 Å². The Kier molecular flexibility index (Phi) is 2.40. The van der Waals surface area contributed by atoms with Crippen molar-refractivity contribution in [3.63, 3.8) is 0 Å². The maximum absolute atomic E-state index is 8.82. The van der Waals surface area contributed by atoms with Crippen LogP contribution in [0.2, 0.25) is 0 Å². The predicted octanol–water partition coefficient (Wildman–Crippen LogP) is 0.875. The molecular weight excluding hydrogens is 202 g/mol. The number of halogens is 1. The number of aromatic hydroxyl groups is 1. The Bertz CT molecular complexity index is 185. The van der Waals surface area contributed by atoms with E-state index in [9.17, 15) is 0 Å².